The molecule has 1 aliphatic rings. The summed E-state index contributed by atoms with van der Waals surface area (Å²) in [6.45, 7) is 10.5. The topological polar surface area (TPSA) is 50.8 Å². The molecule has 1 aromatic carbocycles. The van der Waals surface area contributed by atoms with Crippen LogP contribution in [-0.4, -0.2) is 42.8 Å². The minimum Gasteiger partial charge on any atom is -0.492 e. The van der Waals surface area contributed by atoms with Crippen LogP contribution in [0.15, 0.2) is 12.1 Å². The molecular formula is C19H28ClFN2O3. The normalized spacial score (nSPS) is 18.0. The molecule has 1 aromatic rings. The van der Waals surface area contributed by atoms with E-state index in [0.717, 1.165) is 19.5 Å². The highest BCUT2D eigenvalue weighted by Gasteiger charge is 2.25. The van der Waals surface area contributed by atoms with E-state index in [9.17, 15) is 9.18 Å². The third kappa shape index (κ3) is 6.32. The summed E-state index contributed by atoms with van der Waals surface area (Å²) < 4.78 is 24.8. The molecule has 146 valence electrons. The van der Waals surface area contributed by atoms with E-state index in [1.54, 1.807) is 6.07 Å². The summed E-state index contributed by atoms with van der Waals surface area (Å²) in [5.74, 6) is 0.383. The first-order chi connectivity index (χ1) is 12.2. The van der Waals surface area contributed by atoms with Gasteiger partial charge in [-0.05, 0) is 52.6 Å². The van der Waals surface area contributed by atoms with E-state index in [1.165, 1.54) is 6.07 Å². The highest BCUT2D eigenvalue weighted by molar-refractivity contribution is 6.32. The lowest BCUT2D eigenvalue weighted by Crippen LogP contribution is -2.36. The number of benzene rings is 1. The van der Waals surface area contributed by atoms with Gasteiger partial charge < -0.3 is 14.8 Å². The number of alkyl carbamates (subject to hydrolysis) is 1. The van der Waals surface area contributed by atoms with Gasteiger partial charge in [-0.1, -0.05) is 11.6 Å². The number of nitrogens with zero attached hydrogens (tertiary/aromatic N) is 1. The Labute approximate surface area is 159 Å². The van der Waals surface area contributed by atoms with E-state index < -0.39 is 11.7 Å². The number of amides is 1. The standard InChI is InChI=1S/C19H28ClFN2O3/c1-5-25-17-9-16(21)14(8-15(17)20)12-23-7-6-13(11-23)10-22-18(24)26-19(2,3)4/h8-9,13H,5-7,10-12H2,1-4H3,(H,22,24)/t13-/m0/s1. The molecule has 0 aliphatic carbocycles. The summed E-state index contributed by atoms with van der Waals surface area (Å²) in [6, 6.07) is 2.98. The van der Waals surface area contributed by atoms with Crippen molar-refractivity contribution in [2.45, 2.75) is 46.3 Å². The average Bonchev–Trinajstić information content (AvgIpc) is 2.96. The Hall–Kier alpha value is -1.53. The zero-order valence-electron chi connectivity index (χ0n) is 15.9. The number of rotatable bonds is 6. The lowest BCUT2D eigenvalue weighted by molar-refractivity contribution is 0.0519. The Bertz CT molecular complexity index is 634. The molecule has 0 spiro atoms. The van der Waals surface area contributed by atoms with Crippen molar-refractivity contribution in [3.63, 3.8) is 0 Å². The van der Waals surface area contributed by atoms with Crippen LogP contribution in [0.5, 0.6) is 5.75 Å². The Kier molecular flexibility index (Phi) is 7.12. The molecule has 1 saturated heterocycles. The zero-order valence-corrected chi connectivity index (χ0v) is 16.7. The maximum atomic E-state index is 14.3. The average molecular weight is 387 g/mol. The van der Waals surface area contributed by atoms with Gasteiger partial charge >= 0.3 is 6.09 Å². The SMILES string of the molecule is CCOc1cc(F)c(CN2CC[C@@H](CNC(=O)OC(C)(C)C)C2)cc1Cl. The summed E-state index contributed by atoms with van der Waals surface area (Å²) in [6.07, 6.45) is 0.544. The molecule has 0 unspecified atom stereocenters. The minimum absolute atomic E-state index is 0.312. The van der Waals surface area contributed by atoms with Crippen LogP contribution in [0.4, 0.5) is 9.18 Å². The van der Waals surface area contributed by atoms with Crippen LogP contribution < -0.4 is 10.1 Å². The molecule has 1 amide bonds. The van der Waals surface area contributed by atoms with Crippen molar-refractivity contribution < 1.29 is 18.7 Å². The number of carbonyl (C=O) groups is 1. The Morgan fingerprint density at radius 1 is 1.42 bits per heavy atom. The van der Waals surface area contributed by atoms with Crippen molar-refractivity contribution in [2.24, 2.45) is 5.92 Å². The lowest BCUT2D eigenvalue weighted by Gasteiger charge is -2.21. The van der Waals surface area contributed by atoms with E-state index in [4.69, 9.17) is 21.1 Å². The molecule has 5 nitrogen and oxygen atoms in total. The van der Waals surface area contributed by atoms with Crippen molar-refractivity contribution in [3.8, 4) is 5.75 Å². The van der Waals surface area contributed by atoms with Crippen LogP contribution in [-0.2, 0) is 11.3 Å². The van der Waals surface area contributed by atoms with Gasteiger partial charge in [0.05, 0.1) is 11.6 Å². The Morgan fingerprint density at radius 3 is 2.81 bits per heavy atom. The number of likely N-dealkylation sites (tertiary alicyclic amines) is 1. The van der Waals surface area contributed by atoms with Crippen LogP contribution in [0.2, 0.25) is 5.02 Å². The van der Waals surface area contributed by atoms with Crippen molar-refractivity contribution in [1.82, 2.24) is 10.2 Å². The maximum absolute atomic E-state index is 14.3. The first-order valence-electron chi connectivity index (χ1n) is 8.98. The van der Waals surface area contributed by atoms with Gasteiger partial charge in [-0.2, -0.15) is 0 Å². The van der Waals surface area contributed by atoms with Gasteiger partial charge in [-0.25, -0.2) is 9.18 Å². The second-order valence-electron chi connectivity index (χ2n) is 7.58. The number of carbonyl (C=O) groups excluding carboxylic acids is 1. The fraction of sp³-hybridized carbons (Fsp3) is 0.632. The van der Waals surface area contributed by atoms with Crippen molar-refractivity contribution >= 4 is 17.7 Å². The summed E-state index contributed by atoms with van der Waals surface area (Å²) >= 11 is 6.16. The van der Waals surface area contributed by atoms with Crippen LogP contribution in [0.25, 0.3) is 0 Å². The first-order valence-corrected chi connectivity index (χ1v) is 9.35. The number of ether oxygens (including phenoxy) is 2. The van der Waals surface area contributed by atoms with Crippen molar-refractivity contribution in [2.75, 3.05) is 26.2 Å². The van der Waals surface area contributed by atoms with Gasteiger partial charge in [-0.3, -0.25) is 4.90 Å². The van der Waals surface area contributed by atoms with Crippen LogP contribution in [0.1, 0.15) is 39.7 Å². The molecule has 1 atom stereocenters. The van der Waals surface area contributed by atoms with Crippen LogP contribution in [0.3, 0.4) is 0 Å². The van der Waals surface area contributed by atoms with E-state index in [2.05, 4.69) is 10.2 Å². The predicted octanol–water partition coefficient (Wildman–Crippen LogP) is 4.22. The highest BCUT2D eigenvalue weighted by Crippen LogP contribution is 2.29. The smallest absolute Gasteiger partial charge is 0.407 e. The fourth-order valence-corrected chi connectivity index (χ4v) is 3.20. The molecule has 0 aromatic heterocycles. The Morgan fingerprint density at radius 2 is 2.15 bits per heavy atom. The zero-order chi connectivity index (χ0) is 19.3. The number of hydrogen-bond donors (Lipinski definition) is 1. The summed E-state index contributed by atoms with van der Waals surface area (Å²) in [5.41, 5.74) is 0.0511. The minimum atomic E-state index is -0.504. The first kappa shape index (κ1) is 20.8. The van der Waals surface area contributed by atoms with Crippen LogP contribution >= 0.6 is 11.6 Å². The highest BCUT2D eigenvalue weighted by atomic mass is 35.5. The summed E-state index contributed by atoms with van der Waals surface area (Å²) in [5, 5.41) is 3.23. The third-order valence-electron chi connectivity index (χ3n) is 4.10. The Balaban J connectivity index is 1.84. The lowest BCUT2D eigenvalue weighted by atomic mass is 10.1. The molecule has 1 aliphatic heterocycles. The molecule has 1 N–H and O–H groups in total. The van der Waals surface area contributed by atoms with Crippen molar-refractivity contribution in [1.29, 1.82) is 0 Å². The third-order valence-corrected chi connectivity index (χ3v) is 4.39. The van der Waals surface area contributed by atoms with E-state index in [1.807, 2.05) is 27.7 Å². The molecule has 2 rings (SSSR count). The molecule has 1 heterocycles. The summed E-state index contributed by atoms with van der Waals surface area (Å²) in [7, 11) is 0. The van der Waals surface area contributed by atoms with Gasteiger partial charge in [0.1, 0.15) is 17.2 Å². The number of halogens is 2. The second-order valence-corrected chi connectivity index (χ2v) is 7.99. The van der Waals surface area contributed by atoms with E-state index in [-0.39, 0.29) is 5.82 Å². The van der Waals surface area contributed by atoms with Gasteiger partial charge in [0.2, 0.25) is 0 Å². The van der Waals surface area contributed by atoms with Gasteiger partial charge in [0.25, 0.3) is 0 Å². The fourth-order valence-electron chi connectivity index (χ4n) is 2.96. The molecular weight excluding hydrogens is 359 g/mol. The van der Waals surface area contributed by atoms with E-state index in [0.29, 0.717) is 41.9 Å². The molecule has 7 heteroatoms. The maximum Gasteiger partial charge on any atom is 0.407 e. The second kappa shape index (κ2) is 8.91. The molecule has 0 saturated carbocycles. The molecule has 26 heavy (non-hydrogen) atoms. The molecule has 1 fully saturated rings. The largest absolute Gasteiger partial charge is 0.492 e. The molecule has 0 bridgehead atoms. The van der Waals surface area contributed by atoms with Gasteiger partial charge in [0, 0.05) is 31.3 Å². The quantitative estimate of drug-likeness (QED) is 0.795. The van der Waals surface area contributed by atoms with Crippen LogP contribution in [0, 0.1) is 11.7 Å². The number of nitrogens with one attached hydrogen (secondary N) is 1. The van der Waals surface area contributed by atoms with Gasteiger partial charge in [0.15, 0.2) is 0 Å². The van der Waals surface area contributed by atoms with Gasteiger partial charge in [-0.15, -0.1) is 0 Å². The monoisotopic (exact) mass is 386 g/mol. The molecule has 0 radical (unpaired) electrons. The predicted molar refractivity (Wildman–Crippen MR) is 100 cm³/mol. The van der Waals surface area contributed by atoms with Crippen molar-refractivity contribution in [3.05, 3.63) is 28.5 Å². The number of hydrogen-bond acceptors (Lipinski definition) is 4. The summed E-state index contributed by atoms with van der Waals surface area (Å²) in [4.78, 5) is 13.9. The van der Waals surface area contributed by atoms with E-state index >= 15 is 0 Å².